The van der Waals surface area contributed by atoms with E-state index in [1.165, 1.54) is 44.3 Å². The lowest BCUT2D eigenvalue weighted by Crippen LogP contribution is -2.26. The summed E-state index contributed by atoms with van der Waals surface area (Å²) in [5.41, 5.74) is 1.40. The lowest BCUT2D eigenvalue weighted by Gasteiger charge is -2.21. The maximum absolute atomic E-state index is 5.71. The van der Waals surface area contributed by atoms with Gasteiger partial charge in [-0.15, -0.1) is 0 Å². The van der Waals surface area contributed by atoms with Gasteiger partial charge < -0.3 is 4.74 Å². The topological polar surface area (TPSA) is 12.5 Å². The van der Waals surface area contributed by atoms with Crippen LogP contribution in [0.5, 0.6) is 5.75 Å². The van der Waals surface area contributed by atoms with Gasteiger partial charge in [0, 0.05) is 13.1 Å². The van der Waals surface area contributed by atoms with E-state index in [1.807, 2.05) is 0 Å². The van der Waals surface area contributed by atoms with Gasteiger partial charge in [-0.2, -0.15) is 0 Å². The molecule has 0 saturated heterocycles. The SMILES string of the molecule is CCCCOc1ccc(CN(CCC)CC2CC2)cc1. The van der Waals surface area contributed by atoms with Crippen LogP contribution in [0.2, 0.25) is 0 Å². The molecule has 1 aliphatic rings. The van der Waals surface area contributed by atoms with Gasteiger partial charge in [-0.05, 0) is 55.8 Å². The third kappa shape index (κ3) is 5.54. The molecule has 0 aromatic heterocycles. The Morgan fingerprint density at radius 1 is 1.10 bits per heavy atom. The van der Waals surface area contributed by atoms with Gasteiger partial charge >= 0.3 is 0 Å². The Morgan fingerprint density at radius 2 is 1.85 bits per heavy atom. The van der Waals surface area contributed by atoms with E-state index in [9.17, 15) is 0 Å². The van der Waals surface area contributed by atoms with Crippen LogP contribution in [0.3, 0.4) is 0 Å². The van der Waals surface area contributed by atoms with Crippen molar-refractivity contribution >= 4 is 0 Å². The highest BCUT2D eigenvalue weighted by Gasteiger charge is 2.23. The Bertz CT molecular complexity index is 370. The van der Waals surface area contributed by atoms with Gasteiger partial charge in [0.25, 0.3) is 0 Å². The zero-order valence-corrected chi connectivity index (χ0v) is 13.1. The van der Waals surface area contributed by atoms with Gasteiger partial charge in [-0.3, -0.25) is 4.90 Å². The van der Waals surface area contributed by atoms with Gasteiger partial charge in [-0.25, -0.2) is 0 Å². The van der Waals surface area contributed by atoms with E-state index in [1.54, 1.807) is 0 Å². The molecular formula is C18H29NO. The minimum atomic E-state index is 0.833. The number of hydrogen-bond acceptors (Lipinski definition) is 2. The third-order valence-electron chi connectivity index (χ3n) is 3.85. The molecular weight excluding hydrogens is 246 g/mol. The zero-order valence-electron chi connectivity index (χ0n) is 13.1. The maximum atomic E-state index is 5.71. The second-order valence-corrected chi connectivity index (χ2v) is 6.02. The fourth-order valence-electron chi connectivity index (χ4n) is 2.50. The molecule has 1 aliphatic carbocycles. The second-order valence-electron chi connectivity index (χ2n) is 6.02. The molecule has 20 heavy (non-hydrogen) atoms. The van der Waals surface area contributed by atoms with E-state index < -0.39 is 0 Å². The number of unbranched alkanes of at least 4 members (excludes halogenated alkanes) is 1. The molecule has 2 nitrogen and oxygen atoms in total. The first-order chi connectivity index (χ1) is 9.81. The van der Waals surface area contributed by atoms with Crippen LogP contribution in [0, 0.1) is 5.92 Å². The molecule has 0 unspecified atom stereocenters. The fourth-order valence-corrected chi connectivity index (χ4v) is 2.50. The minimum Gasteiger partial charge on any atom is -0.494 e. The summed E-state index contributed by atoms with van der Waals surface area (Å²) in [6.07, 6.45) is 6.43. The first-order valence-electron chi connectivity index (χ1n) is 8.26. The Morgan fingerprint density at radius 3 is 2.45 bits per heavy atom. The second kappa shape index (κ2) is 8.31. The molecule has 0 atom stereocenters. The first kappa shape index (κ1) is 15.4. The third-order valence-corrected chi connectivity index (χ3v) is 3.85. The van der Waals surface area contributed by atoms with Crippen LogP contribution in [0.25, 0.3) is 0 Å². The average molecular weight is 275 g/mol. The number of nitrogens with zero attached hydrogens (tertiary/aromatic N) is 1. The maximum Gasteiger partial charge on any atom is 0.119 e. The molecule has 112 valence electrons. The Kier molecular flexibility index (Phi) is 6.38. The lowest BCUT2D eigenvalue weighted by atomic mass is 10.2. The van der Waals surface area contributed by atoms with Crippen molar-refractivity contribution in [1.29, 1.82) is 0 Å². The van der Waals surface area contributed by atoms with E-state index >= 15 is 0 Å². The van der Waals surface area contributed by atoms with Crippen molar-refractivity contribution in [3.63, 3.8) is 0 Å². The summed E-state index contributed by atoms with van der Waals surface area (Å²) in [4.78, 5) is 2.60. The largest absolute Gasteiger partial charge is 0.494 e. The molecule has 0 aliphatic heterocycles. The number of hydrogen-bond donors (Lipinski definition) is 0. The van der Waals surface area contributed by atoms with Gasteiger partial charge in [0.15, 0.2) is 0 Å². The monoisotopic (exact) mass is 275 g/mol. The zero-order chi connectivity index (χ0) is 14.2. The van der Waals surface area contributed by atoms with Crippen molar-refractivity contribution in [3.8, 4) is 5.75 Å². The number of benzene rings is 1. The van der Waals surface area contributed by atoms with Crippen LogP contribution >= 0.6 is 0 Å². The summed E-state index contributed by atoms with van der Waals surface area (Å²) in [6, 6.07) is 8.67. The van der Waals surface area contributed by atoms with Crippen LogP contribution in [-0.2, 0) is 6.54 Å². The van der Waals surface area contributed by atoms with Crippen molar-refractivity contribution in [3.05, 3.63) is 29.8 Å². The van der Waals surface area contributed by atoms with E-state index in [-0.39, 0.29) is 0 Å². The standard InChI is InChI=1S/C18H29NO/c1-3-5-13-20-18-10-8-17(9-11-18)15-19(12-4-2)14-16-6-7-16/h8-11,16H,3-7,12-15H2,1-2H3. The highest BCUT2D eigenvalue weighted by Crippen LogP contribution is 2.30. The van der Waals surface area contributed by atoms with Crippen molar-refractivity contribution in [2.75, 3.05) is 19.7 Å². The van der Waals surface area contributed by atoms with Crippen molar-refractivity contribution in [2.24, 2.45) is 5.92 Å². The van der Waals surface area contributed by atoms with Crippen molar-refractivity contribution in [1.82, 2.24) is 4.90 Å². The molecule has 0 amide bonds. The fraction of sp³-hybridized carbons (Fsp3) is 0.667. The Hall–Kier alpha value is -1.02. The normalized spacial score (nSPS) is 14.8. The molecule has 1 saturated carbocycles. The van der Waals surface area contributed by atoms with Crippen molar-refractivity contribution < 1.29 is 4.74 Å². The highest BCUT2D eigenvalue weighted by atomic mass is 16.5. The van der Waals surface area contributed by atoms with Crippen LogP contribution in [0.1, 0.15) is 51.5 Å². The lowest BCUT2D eigenvalue weighted by molar-refractivity contribution is 0.255. The molecule has 0 N–H and O–H groups in total. The molecule has 0 spiro atoms. The van der Waals surface area contributed by atoms with Gasteiger partial charge in [-0.1, -0.05) is 32.4 Å². The van der Waals surface area contributed by atoms with E-state index in [0.717, 1.165) is 31.2 Å². The molecule has 0 radical (unpaired) electrons. The molecule has 0 heterocycles. The van der Waals surface area contributed by atoms with Crippen LogP contribution in [0.15, 0.2) is 24.3 Å². The first-order valence-corrected chi connectivity index (χ1v) is 8.26. The Balaban J connectivity index is 1.81. The van der Waals surface area contributed by atoms with Gasteiger partial charge in [0.2, 0.25) is 0 Å². The summed E-state index contributed by atoms with van der Waals surface area (Å²) in [5, 5.41) is 0. The van der Waals surface area contributed by atoms with E-state index in [4.69, 9.17) is 4.74 Å². The Labute approximate surface area is 124 Å². The van der Waals surface area contributed by atoms with Gasteiger partial charge in [0.05, 0.1) is 6.61 Å². The van der Waals surface area contributed by atoms with Crippen LogP contribution < -0.4 is 4.74 Å². The van der Waals surface area contributed by atoms with E-state index in [2.05, 4.69) is 43.0 Å². The summed E-state index contributed by atoms with van der Waals surface area (Å²) >= 11 is 0. The molecule has 2 heteroatoms. The number of ether oxygens (including phenoxy) is 1. The molecule has 0 bridgehead atoms. The molecule has 2 rings (SSSR count). The average Bonchev–Trinajstić information content (AvgIpc) is 3.25. The minimum absolute atomic E-state index is 0.833. The molecule has 1 aromatic carbocycles. The van der Waals surface area contributed by atoms with Crippen LogP contribution in [-0.4, -0.2) is 24.6 Å². The van der Waals surface area contributed by atoms with E-state index in [0.29, 0.717) is 0 Å². The summed E-state index contributed by atoms with van der Waals surface area (Å²) in [5.74, 6) is 1.98. The summed E-state index contributed by atoms with van der Waals surface area (Å²) < 4.78 is 5.71. The molecule has 1 fully saturated rings. The van der Waals surface area contributed by atoms with Crippen LogP contribution in [0.4, 0.5) is 0 Å². The van der Waals surface area contributed by atoms with Gasteiger partial charge in [0.1, 0.15) is 5.75 Å². The molecule has 1 aromatic rings. The number of rotatable bonds is 10. The predicted octanol–water partition coefficient (Wildman–Crippen LogP) is 4.49. The quantitative estimate of drug-likeness (QED) is 0.583. The highest BCUT2D eigenvalue weighted by molar-refractivity contribution is 5.27. The predicted molar refractivity (Wildman–Crippen MR) is 85.1 cm³/mol. The smallest absolute Gasteiger partial charge is 0.119 e. The summed E-state index contributed by atoms with van der Waals surface area (Å²) in [7, 11) is 0. The van der Waals surface area contributed by atoms with Crippen molar-refractivity contribution in [2.45, 2.75) is 52.5 Å². The summed E-state index contributed by atoms with van der Waals surface area (Å²) in [6.45, 7) is 8.87.